The molecule has 1 aromatic carbocycles. The molecule has 24 heavy (non-hydrogen) atoms. The molecule has 1 N–H and O–H groups in total. The van der Waals surface area contributed by atoms with E-state index in [-0.39, 0.29) is 11.9 Å². The Morgan fingerprint density at radius 3 is 2.79 bits per heavy atom. The summed E-state index contributed by atoms with van der Waals surface area (Å²) in [5.74, 6) is 0.538. The summed E-state index contributed by atoms with van der Waals surface area (Å²) in [6.07, 6.45) is 1.55. The molecular weight excluding hydrogens is 304 g/mol. The number of aryl methyl sites for hydroxylation is 2. The van der Waals surface area contributed by atoms with Crippen LogP contribution in [-0.4, -0.2) is 27.6 Å². The van der Waals surface area contributed by atoms with Crippen LogP contribution in [0.5, 0.6) is 5.75 Å². The number of benzene rings is 1. The first-order valence-electron chi connectivity index (χ1n) is 7.77. The van der Waals surface area contributed by atoms with Crippen LogP contribution in [0.4, 0.5) is 0 Å². The molecule has 2 aromatic heterocycles. The Morgan fingerprint density at radius 2 is 2.04 bits per heavy atom. The van der Waals surface area contributed by atoms with Crippen molar-refractivity contribution in [1.29, 1.82) is 0 Å². The van der Waals surface area contributed by atoms with Gasteiger partial charge in [-0.25, -0.2) is 9.50 Å². The van der Waals surface area contributed by atoms with E-state index in [0.717, 1.165) is 22.7 Å². The number of para-hydroxylation sites is 1. The Kier molecular flexibility index (Phi) is 4.20. The van der Waals surface area contributed by atoms with Crippen LogP contribution in [0.15, 0.2) is 36.5 Å². The van der Waals surface area contributed by atoms with Crippen molar-refractivity contribution in [2.24, 2.45) is 0 Å². The number of ether oxygens (including phenoxy) is 1. The van der Waals surface area contributed by atoms with Crippen molar-refractivity contribution in [3.8, 4) is 5.75 Å². The summed E-state index contributed by atoms with van der Waals surface area (Å²) in [5, 5.41) is 7.25. The maximum Gasteiger partial charge on any atom is 0.257 e. The minimum Gasteiger partial charge on any atom is -0.496 e. The van der Waals surface area contributed by atoms with Crippen molar-refractivity contribution >= 4 is 11.6 Å². The molecule has 0 aliphatic carbocycles. The maximum absolute atomic E-state index is 12.7. The fourth-order valence-corrected chi connectivity index (χ4v) is 2.81. The number of nitrogens with one attached hydrogen (secondary N) is 1. The van der Waals surface area contributed by atoms with Crippen LogP contribution in [-0.2, 0) is 0 Å². The lowest BCUT2D eigenvalue weighted by Gasteiger charge is -2.16. The lowest BCUT2D eigenvalue weighted by molar-refractivity contribution is 0.0941. The average Bonchev–Trinajstić information content (AvgIpc) is 2.98. The molecule has 0 fully saturated rings. The number of methoxy groups -OCH3 is 1. The van der Waals surface area contributed by atoms with Gasteiger partial charge in [0.1, 0.15) is 11.3 Å². The molecule has 0 spiro atoms. The molecule has 0 aliphatic rings. The summed E-state index contributed by atoms with van der Waals surface area (Å²) in [7, 11) is 1.62. The van der Waals surface area contributed by atoms with Gasteiger partial charge >= 0.3 is 0 Å². The number of fused-ring (bicyclic) bond motifs is 1. The van der Waals surface area contributed by atoms with Gasteiger partial charge in [-0.15, -0.1) is 0 Å². The highest BCUT2D eigenvalue weighted by molar-refractivity contribution is 5.99. The molecule has 0 unspecified atom stereocenters. The van der Waals surface area contributed by atoms with E-state index in [0.29, 0.717) is 11.2 Å². The van der Waals surface area contributed by atoms with E-state index in [1.54, 1.807) is 17.8 Å². The normalized spacial score (nSPS) is 12.2. The predicted molar refractivity (Wildman–Crippen MR) is 91.3 cm³/mol. The van der Waals surface area contributed by atoms with Crippen LogP contribution >= 0.6 is 0 Å². The molecule has 1 amide bonds. The summed E-state index contributed by atoms with van der Waals surface area (Å²) in [6.45, 7) is 5.76. The van der Waals surface area contributed by atoms with E-state index in [9.17, 15) is 4.79 Å². The first-order valence-corrected chi connectivity index (χ1v) is 7.77. The summed E-state index contributed by atoms with van der Waals surface area (Å²) >= 11 is 0. The second kappa shape index (κ2) is 6.31. The van der Waals surface area contributed by atoms with E-state index in [1.807, 2.05) is 51.1 Å². The summed E-state index contributed by atoms with van der Waals surface area (Å²) in [5.41, 5.74) is 3.74. The Labute approximate surface area is 140 Å². The van der Waals surface area contributed by atoms with Crippen molar-refractivity contribution in [3.63, 3.8) is 0 Å². The molecule has 124 valence electrons. The number of hydrogen-bond acceptors (Lipinski definition) is 4. The van der Waals surface area contributed by atoms with Crippen LogP contribution in [0.2, 0.25) is 0 Å². The standard InChI is InChI=1S/C18H20N4O2/c1-11-9-12(2)22-17(20-11)15(10-19-22)18(23)21-13(3)14-7-5-6-8-16(14)24-4/h5-10,13H,1-4H3,(H,21,23)/t13-/m1/s1. The van der Waals surface area contributed by atoms with E-state index in [1.165, 1.54) is 0 Å². The van der Waals surface area contributed by atoms with Gasteiger partial charge in [0.2, 0.25) is 0 Å². The van der Waals surface area contributed by atoms with Gasteiger partial charge in [-0.1, -0.05) is 18.2 Å². The quantitative estimate of drug-likeness (QED) is 0.801. The van der Waals surface area contributed by atoms with Gasteiger partial charge in [0.25, 0.3) is 5.91 Å². The fraction of sp³-hybridized carbons (Fsp3) is 0.278. The Morgan fingerprint density at radius 1 is 1.29 bits per heavy atom. The summed E-state index contributed by atoms with van der Waals surface area (Å²) in [4.78, 5) is 17.1. The highest BCUT2D eigenvalue weighted by Gasteiger charge is 2.19. The molecule has 0 radical (unpaired) electrons. The van der Waals surface area contributed by atoms with Gasteiger partial charge in [-0.05, 0) is 32.9 Å². The van der Waals surface area contributed by atoms with Crippen molar-refractivity contribution < 1.29 is 9.53 Å². The van der Waals surface area contributed by atoms with Gasteiger partial charge in [-0.3, -0.25) is 4.79 Å². The Balaban J connectivity index is 1.90. The molecule has 6 nitrogen and oxygen atoms in total. The van der Waals surface area contributed by atoms with Crippen molar-refractivity contribution in [1.82, 2.24) is 19.9 Å². The largest absolute Gasteiger partial charge is 0.496 e. The SMILES string of the molecule is COc1ccccc1[C@@H](C)NC(=O)c1cnn2c(C)cc(C)nc12. The second-order valence-corrected chi connectivity index (χ2v) is 5.77. The van der Waals surface area contributed by atoms with Crippen LogP contribution < -0.4 is 10.1 Å². The smallest absolute Gasteiger partial charge is 0.257 e. The van der Waals surface area contributed by atoms with Gasteiger partial charge in [0, 0.05) is 17.0 Å². The van der Waals surface area contributed by atoms with Gasteiger partial charge in [-0.2, -0.15) is 5.10 Å². The van der Waals surface area contributed by atoms with Gasteiger partial charge < -0.3 is 10.1 Å². The molecule has 6 heteroatoms. The lowest BCUT2D eigenvalue weighted by Crippen LogP contribution is -2.27. The number of hydrogen-bond donors (Lipinski definition) is 1. The maximum atomic E-state index is 12.7. The fourth-order valence-electron chi connectivity index (χ4n) is 2.81. The molecule has 3 rings (SSSR count). The van der Waals surface area contributed by atoms with Crippen LogP contribution in [0.1, 0.15) is 40.3 Å². The molecule has 3 aromatic rings. The van der Waals surface area contributed by atoms with E-state index in [4.69, 9.17) is 4.74 Å². The highest BCUT2D eigenvalue weighted by Crippen LogP contribution is 2.24. The first kappa shape index (κ1) is 16.0. The van der Waals surface area contributed by atoms with Gasteiger partial charge in [0.05, 0.1) is 19.3 Å². The topological polar surface area (TPSA) is 68.5 Å². The number of carbonyl (C=O) groups is 1. The molecule has 0 saturated heterocycles. The monoisotopic (exact) mass is 324 g/mol. The highest BCUT2D eigenvalue weighted by atomic mass is 16.5. The number of carbonyl (C=O) groups excluding carboxylic acids is 1. The van der Waals surface area contributed by atoms with Crippen LogP contribution in [0.3, 0.4) is 0 Å². The average molecular weight is 324 g/mol. The predicted octanol–water partition coefficient (Wildman–Crippen LogP) is 2.85. The summed E-state index contributed by atoms with van der Waals surface area (Å²) in [6, 6.07) is 9.36. The molecule has 0 bridgehead atoms. The Bertz CT molecular complexity index is 901. The summed E-state index contributed by atoms with van der Waals surface area (Å²) < 4.78 is 7.04. The molecule has 2 heterocycles. The zero-order valence-electron chi connectivity index (χ0n) is 14.2. The van der Waals surface area contributed by atoms with Crippen LogP contribution in [0.25, 0.3) is 5.65 Å². The van der Waals surface area contributed by atoms with Crippen molar-refractivity contribution in [2.75, 3.05) is 7.11 Å². The molecule has 0 saturated carbocycles. The third-order valence-electron chi connectivity index (χ3n) is 3.98. The third-order valence-corrected chi connectivity index (χ3v) is 3.98. The zero-order chi connectivity index (χ0) is 17.3. The number of aromatic nitrogens is 3. The van der Waals surface area contributed by atoms with E-state index >= 15 is 0 Å². The van der Waals surface area contributed by atoms with E-state index < -0.39 is 0 Å². The van der Waals surface area contributed by atoms with E-state index in [2.05, 4.69) is 15.4 Å². The lowest BCUT2D eigenvalue weighted by atomic mass is 10.1. The minimum absolute atomic E-state index is 0.200. The Hall–Kier alpha value is -2.89. The van der Waals surface area contributed by atoms with Crippen LogP contribution in [0, 0.1) is 13.8 Å². The van der Waals surface area contributed by atoms with Gasteiger partial charge in [0.15, 0.2) is 5.65 Å². The van der Waals surface area contributed by atoms with Crippen molar-refractivity contribution in [2.45, 2.75) is 26.8 Å². The molecule has 0 aliphatic heterocycles. The number of nitrogens with zero attached hydrogens (tertiary/aromatic N) is 3. The molecule has 1 atom stereocenters. The van der Waals surface area contributed by atoms with Crippen molar-refractivity contribution in [3.05, 3.63) is 59.0 Å². The molecular formula is C18H20N4O2. The minimum atomic E-state index is -0.207. The number of amides is 1. The number of rotatable bonds is 4. The third kappa shape index (κ3) is 2.82. The zero-order valence-corrected chi connectivity index (χ0v) is 14.2. The first-order chi connectivity index (χ1) is 11.5. The second-order valence-electron chi connectivity index (χ2n) is 5.77.